The summed E-state index contributed by atoms with van der Waals surface area (Å²) in [6.45, 7) is 0.109. The summed E-state index contributed by atoms with van der Waals surface area (Å²) < 4.78 is 0. The number of hydrogen-bond donors (Lipinski definition) is 3. The number of halogens is 1. The van der Waals surface area contributed by atoms with Gasteiger partial charge in [0.05, 0.1) is 22.6 Å². The number of phenolic OH excluding ortho intramolecular Hbond substituents is 1. The van der Waals surface area contributed by atoms with Crippen LogP contribution in [-0.4, -0.2) is 33.7 Å². The van der Waals surface area contributed by atoms with Crippen molar-refractivity contribution in [2.45, 2.75) is 6.10 Å². The molecule has 0 bridgehead atoms. The Kier molecular flexibility index (Phi) is 4.33. The number of nitro groups is 1. The topological polar surface area (TPSA) is 95.6 Å². The van der Waals surface area contributed by atoms with Crippen molar-refractivity contribution in [2.75, 3.05) is 17.7 Å². The van der Waals surface area contributed by atoms with Gasteiger partial charge < -0.3 is 15.5 Å². The van der Waals surface area contributed by atoms with E-state index in [1.165, 1.54) is 18.2 Å². The molecule has 1 aromatic carbocycles. The highest BCUT2D eigenvalue weighted by Crippen LogP contribution is 2.27. The van der Waals surface area contributed by atoms with Gasteiger partial charge in [-0.25, -0.2) is 0 Å². The minimum atomic E-state index is -0.777. The van der Waals surface area contributed by atoms with Gasteiger partial charge in [0.15, 0.2) is 0 Å². The summed E-state index contributed by atoms with van der Waals surface area (Å²) in [5.74, 6) is -0.0738. The van der Waals surface area contributed by atoms with E-state index in [2.05, 4.69) is 5.32 Å². The van der Waals surface area contributed by atoms with E-state index in [-0.39, 0.29) is 29.5 Å². The lowest BCUT2D eigenvalue weighted by atomic mass is 10.2. The number of aliphatic hydroxyl groups excluding tert-OH is 1. The standard InChI is InChI=1S/C9H11ClN2O4/c10-4-7(13)5-11-8-3-6(12(15)16)1-2-9(8)14/h1-3,7,11,13-14H,4-5H2/t7-/m1/s1. The van der Waals surface area contributed by atoms with Crippen LogP contribution < -0.4 is 5.32 Å². The van der Waals surface area contributed by atoms with Gasteiger partial charge in [0.1, 0.15) is 5.75 Å². The Hall–Kier alpha value is -1.53. The molecule has 7 heteroatoms. The zero-order valence-corrected chi connectivity index (χ0v) is 9.02. The minimum Gasteiger partial charge on any atom is -0.506 e. The molecule has 0 aliphatic heterocycles. The van der Waals surface area contributed by atoms with Crippen LogP contribution in [-0.2, 0) is 0 Å². The molecule has 6 nitrogen and oxygen atoms in total. The first-order chi connectivity index (χ1) is 7.54. The predicted octanol–water partition coefficient (Wildman–Crippen LogP) is 1.31. The Morgan fingerprint density at radius 1 is 1.56 bits per heavy atom. The number of anilines is 1. The molecule has 0 fully saturated rings. The summed E-state index contributed by atoms with van der Waals surface area (Å²) in [5.41, 5.74) is 0.0547. The van der Waals surface area contributed by atoms with Crippen LogP contribution in [0.4, 0.5) is 11.4 Å². The van der Waals surface area contributed by atoms with Crippen molar-refractivity contribution in [3.05, 3.63) is 28.3 Å². The largest absolute Gasteiger partial charge is 0.506 e. The number of nitrogens with one attached hydrogen (secondary N) is 1. The zero-order chi connectivity index (χ0) is 12.1. The minimum absolute atomic E-state index is 0.0443. The number of nitrogens with zero attached hydrogens (tertiary/aromatic N) is 1. The molecule has 0 unspecified atom stereocenters. The maximum Gasteiger partial charge on any atom is 0.271 e. The molecule has 3 N–H and O–H groups in total. The third-order valence-electron chi connectivity index (χ3n) is 1.90. The van der Waals surface area contributed by atoms with Gasteiger partial charge in [-0.15, -0.1) is 11.6 Å². The number of rotatable bonds is 5. The average Bonchev–Trinajstić information content (AvgIpc) is 2.27. The number of nitro benzene ring substituents is 1. The monoisotopic (exact) mass is 246 g/mol. The van der Waals surface area contributed by atoms with Crippen LogP contribution in [0, 0.1) is 10.1 Å². The highest BCUT2D eigenvalue weighted by Gasteiger charge is 2.11. The van der Waals surface area contributed by atoms with Crippen molar-refractivity contribution >= 4 is 23.0 Å². The summed E-state index contributed by atoms with van der Waals surface area (Å²) in [6.07, 6.45) is -0.777. The Bertz CT molecular complexity index is 386. The van der Waals surface area contributed by atoms with Gasteiger partial charge in [0.25, 0.3) is 5.69 Å². The molecule has 0 heterocycles. The van der Waals surface area contributed by atoms with Crippen molar-refractivity contribution in [1.82, 2.24) is 0 Å². The van der Waals surface area contributed by atoms with Crippen LogP contribution in [0.5, 0.6) is 5.75 Å². The van der Waals surface area contributed by atoms with E-state index >= 15 is 0 Å². The second kappa shape index (κ2) is 5.53. The molecule has 0 saturated carbocycles. The second-order valence-electron chi connectivity index (χ2n) is 3.15. The van der Waals surface area contributed by atoms with Gasteiger partial charge in [0.2, 0.25) is 0 Å². The third kappa shape index (κ3) is 3.25. The molecule has 0 saturated heterocycles. The first-order valence-electron chi connectivity index (χ1n) is 4.50. The molecular weight excluding hydrogens is 236 g/mol. The van der Waals surface area contributed by atoms with Crippen LogP contribution in [0.2, 0.25) is 0 Å². The maximum absolute atomic E-state index is 10.5. The Balaban J connectivity index is 2.78. The van der Waals surface area contributed by atoms with E-state index in [0.717, 1.165) is 0 Å². The fourth-order valence-corrected chi connectivity index (χ4v) is 1.17. The first kappa shape index (κ1) is 12.5. The summed E-state index contributed by atoms with van der Waals surface area (Å²) in [5, 5.41) is 31.7. The lowest BCUT2D eigenvalue weighted by Crippen LogP contribution is -2.20. The van der Waals surface area contributed by atoms with Gasteiger partial charge in [-0.1, -0.05) is 0 Å². The number of benzene rings is 1. The summed E-state index contributed by atoms with van der Waals surface area (Å²) in [4.78, 5) is 9.92. The SMILES string of the molecule is O=[N+]([O-])c1ccc(O)c(NC[C@H](O)CCl)c1. The van der Waals surface area contributed by atoms with Crippen LogP contribution >= 0.6 is 11.6 Å². The molecule has 88 valence electrons. The van der Waals surface area contributed by atoms with Gasteiger partial charge in [-0.05, 0) is 6.07 Å². The van der Waals surface area contributed by atoms with Gasteiger partial charge in [-0.2, -0.15) is 0 Å². The number of phenols is 1. The van der Waals surface area contributed by atoms with Crippen LogP contribution in [0.1, 0.15) is 0 Å². The van der Waals surface area contributed by atoms with Crippen molar-refractivity contribution in [1.29, 1.82) is 0 Å². The zero-order valence-electron chi connectivity index (χ0n) is 8.26. The van der Waals surface area contributed by atoms with E-state index in [4.69, 9.17) is 11.6 Å². The van der Waals surface area contributed by atoms with E-state index in [1.54, 1.807) is 0 Å². The summed E-state index contributed by atoms with van der Waals surface area (Å²) in [6, 6.07) is 3.60. The molecule has 16 heavy (non-hydrogen) atoms. The Morgan fingerprint density at radius 2 is 2.25 bits per heavy atom. The van der Waals surface area contributed by atoms with Gasteiger partial charge >= 0.3 is 0 Å². The van der Waals surface area contributed by atoms with E-state index in [0.29, 0.717) is 0 Å². The normalized spacial score (nSPS) is 12.1. The highest BCUT2D eigenvalue weighted by molar-refractivity contribution is 6.18. The van der Waals surface area contributed by atoms with Crippen LogP contribution in [0.3, 0.4) is 0 Å². The fraction of sp³-hybridized carbons (Fsp3) is 0.333. The van der Waals surface area contributed by atoms with Crippen molar-refractivity contribution in [2.24, 2.45) is 0 Å². The molecule has 0 spiro atoms. The summed E-state index contributed by atoms with van der Waals surface area (Å²) >= 11 is 5.38. The number of aromatic hydroxyl groups is 1. The lowest BCUT2D eigenvalue weighted by molar-refractivity contribution is -0.384. The highest BCUT2D eigenvalue weighted by atomic mass is 35.5. The molecular formula is C9H11ClN2O4. The predicted molar refractivity (Wildman–Crippen MR) is 60.0 cm³/mol. The quantitative estimate of drug-likeness (QED) is 0.315. The molecule has 1 aromatic rings. The van der Waals surface area contributed by atoms with E-state index < -0.39 is 11.0 Å². The Labute approximate surface area is 96.6 Å². The first-order valence-corrected chi connectivity index (χ1v) is 5.03. The van der Waals surface area contributed by atoms with Crippen LogP contribution in [0.15, 0.2) is 18.2 Å². The van der Waals surface area contributed by atoms with Crippen molar-refractivity contribution < 1.29 is 15.1 Å². The molecule has 0 aromatic heterocycles. The smallest absolute Gasteiger partial charge is 0.271 e. The molecule has 0 aliphatic carbocycles. The molecule has 0 radical (unpaired) electrons. The average molecular weight is 247 g/mol. The lowest BCUT2D eigenvalue weighted by Gasteiger charge is -2.10. The summed E-state index contributed by atoms with van der Waals surface area (Å²) in [7, 11) is 0. The van der Waals surface area contributed by atoms with E-state index in [1.807, 2.05) is 0 Å². The molecule has 0 aliphatic rings. The number of alkyl halides is 1. The fourth-order valence-electron chi connectivity index (χ4n) is 1.06. The maximum atomic E-state index is 10.5. The molecule has 1 atom stereocenters. The number of aliphatic hydroxyl groups is 1. The second-order valence-corrected chi connectivity index (χ2v) is 3.46. The van der Waals surface area contributed by atoms with Gasteiger partial charge in [0, 0.05) is 18.7 Å². The number of non-ortho nitro benzene ring substituents is 1. The molecule has 1 rings (SSSR count). The van der Waals surface area contributed by atoms with Crippen molar-refractivity contribution in [3.8, 4) is 5.75 Å². The van der Waals surface area contributed by atoms with Crippen LogP contribution in [0.25, 0.3) is 0 Å². The third-order valence-corrected chi connectivity index (χ3v) is 2.25. The van der Waals surface area contributed by atoms with E-state index in [9.17, 15) is 20.3 Å². The van der Waals surface area contributed by atoms with Crippen molar-refractivity contribution in [3.63, 3.8) is 0 Å². The number of hydrogen-bond acceptors (Lipinski definition) is 5. The molecule has 0 amide bonds. The Morgan fingerprint density at radius 3 is 2.81 bits per heavy atom. The van der Waals surface area contributed by atoms with Gasteiger partial charge in [-0.3, -0.25) is 10.1 Å².